The van der Waals surface area contributed by atoms with Crippen molar-refractivity contribution in [1.29, 1.82) is 5.26 Å². The molecule has 150 valence electrons. The van der Waals surface area contributed by atoms with Crippen LogP contribution in [0, 0.1) is 25.2 Å². The number of anilines is 2. The van der Waals surface area contributed by atoms with E-state index in [0.717, 1.165) is 22.2 Å². The number of fused-ring (bicyclic) bond motifs is 1. The molecule has 0 saturated carbocycles. The molecule has 0 aliphatic carbocycles. The molecule has 9 heteroatoms. The fourth-order valence-electron chi connectivity index (χ4n) is 3.37. The van der Waals surface area contributed by atoms with E-state index in [1.54, 1.807) is 16.6 Å². The van der Waals surface area contributed by atoms with Crippen molar-refractivity contribution in [3.63, 3.8) is 0 Å². The number of aromatic nitrogens is 5. The van der Waals surface area contributed by atoms with Gasteiger partial charge in [0.1, 0.15) is 35.3 Å². The van der Waals surface area contributed by atoms with Gasteiger partial charge in [-0.1, -0.05) is 0 Å². The maximum Gasteiger partial charge on any atom is 0.171 e. The van der Waals surface area contributed by atoms with Gasteiger partial charge < -0.3 is 16.2 Å². The highest BCUT2D eigenvalue weighted by molar-refractivity contribution is 5.80. The molecule has 9 nitrogen and oxygen atoms in total. The zero-order valence-corrected chi connectivity index (χ0v) is 16.7. The second-order valence-corrected chi connectivity index (χ2v) is 7.13. The third-order valence-corrected chi connectivity index (χ3v) is 4.79. The predicted octanol–water partition coefficient (Wildman–Crippen LogP) is 3.14. The fourth-order valence-corrected chi connectivity index (χ4v) is 3.37. The van der Waals surface area contributed by atoms with Crippen molar-refractivity contribution >= 4 is 17.2 Å². The second-order valence-electron chi connectivity index (χ2n) is 7.13. The van der Waals surface area contributed by atoms with Gasteiger partial charge in [-0.05, 0) is 56.2 Å². The normalized spacial score (nSPS) is 11.9. The Bertz CT molecular complexity index is 1280. The van der Waals surface area contributed by atoms with Gasteiger partial charge >= 0.3 is 0 Å². The van der Waals surface area contributed by atoms with Gasteiger partial charge in [-0.3, -0.25) is 0 Å². The van der Waals surface area contributed by atoms with Crippen LogP contribution in [0.5, 0.6) is 5.75 Å². The highest BCUT2D eigenvalue weighted by atomic mass is 16.3. The predicted molar refractivity (Wildman–Crippen MR) is 113 cm³/mol. The van der Waals surface area contributed by atoms with Gasteiger partial charge in [0.05, 0.1) is 17.3 Å². The summed E-state index contributed by atoms with van der Waals surface area (Å²) in [5.74, 6) is 1.10. The van der Waals surface area contributed by atoms with E-state index in [-0.39, 0.29) is 23.2 Å². The Morgan fingerprint density at radius 2 is 2.03 bits per heavy atom. The molecule has 30 heavy (non-hydrogen) atoms. The van der Waals surface area contributed by atoms with E-state index in [1.807, 2.05) is 45.2 Å². The van der Waals surface area contributed by atoms with Crippen LogP contribution >= 0.6 is 0 Å². The lowest BCUT2D eigenvalue weighted by Gasteiger charge is -2.16. The van der Waals surface area contributed by atoms with Gasteiger partial charge in [-0.15, -0.1) is 0 Å². The molecule has 0 bridgehead atoms. The maximum absolute atomic E-state index is 10.1. The minimum atomic E-state index is -0.379. The number of nitriles is 1. The minimum Gasteiger partial charge on any atom is -0.508 e. The molecule has 0 aliphatic heterocycles. The molecule has 1 aromatic carbocycles. The Kier molecular flexibility index (Phi) is 4.68. The van der Waals surface area contributed by atoms with Crippen molar-refractivity contribution in [2.75, 3.05) is 11.1 Å². The maximum atomic E-state index is 10.1. The number of rotatable bonds is 4. The summed E-state index contributed by atoms with van der Waals surface area (Å²) in [5, 5.41) is 27.2. The van der Waals surface area contributed by atoms with Crippen molar-refractivity contribution in [2.45, 2.75) is 26.8 Å². The number of nitrogen functional groups attached to an aromatic ring is 1. The smallest absolute Gasteiger partial charge is 0.171 e. The zero-order chi connectivity index (χ0) is 21.4. The first-order chi connectivity index (χ1) is 14.4. The van der Waals surface area contributed by atoms with Crippen molar-refractivity contribution < 1.29 is 5.11 Å². The molecule has 1 atom stereocenters. The van der Waals surface area contributed by atoms with Crippen LogP contribution < -0.4 is 11.1 Å². The molecule has 0 unspecified atom stereocenters. The van der Waals surface area contributed by atoms with E-state index in [1.165, 1.54) is 6.33 Å². The van der Waals surface area contributed by atoms with Gasteiger partial charge in [0, 0.05) is 11.8 Å². The Hall–Kier alpha value is -4.19. The standard InChI is InChI=1S/C21H20N8O/c1-11-6-14(8-15(30)7-11)17-18-12(2)4-5-29(18)28-20(27-17)13(3)26-21-16(9-22)19(23)24-10-25-21/h4-8,10,13,30H,1-3H3,(H3,23,24,25,26)/t13-/m0/s1. The number of phenolic OH excluding ortho intramolecular Hbond substituents is 1. The molecule has 0 fully saturated rings. The average molecular weight is 400 g/mol. The lowest BCUT2D eigenvalue weighted by Crippen LogP contribution is -2.16. The molecule has 4 aromatic rings. The summed E-state index contributed by atoms with van der Waals surface area (Å²) in [4.78, 5) is 12.8. The molecule has 0 amide bonds. The van der Waals surface area contributed by atoms with Gasteiger partial charge in [-0.2, -0.15) is 10.4 Å². The van der Waals surface area contributed by atoms with Crippen LogP contribution in [0.3, 0.4) is 0 Å². The van der Waals surface area contributed by atoms with Crippen LogP contribution in [-0.2, 0) is 0 Å². The molecule has 0 radical (unpaired) electrons. The van der Waals surface area contributed by atoms with Crippen LogP contribution in [-0.4, -0.2) is 29.7 Å². The molecular formula is C21H20N8O. The lowest BCUT2D eigenvalue weighted by atomic mass is 10.1. The first-order valence-corrected chi connectivity index (χ1v) is 9.31. The number of nitrogens with one attached hydrogen (secondary N) is 1. The summed E-state index contributed by atoms with van der Waals surface area (Å²) in [6, 6.07) is 8.95. The first kappa shape index (κ1) is 19.1. The largest absolute Gasteiger partial charge is 0.508 e. The average Bonchev–Trinajstić information content (AvgIpc) is 3.07. The Morgan fingerprint density at radius 1 is 1.23 bits per heavy atom. The number of hydrogen-bond donors (Lipinski definition) is 3. The van der Waals surface area contributed by atoms with E-state index in [0.29, 0.717) is 17.3 Å². The minimum absolute atomic E-state index is 0.107. The molecule has 0 spiro atoms. The molecule has 3 aromatic heterocycles. The molecule has 3 heterocycles. The molecule has 0 saturated heterocycles. The molecule has 4 rings (SSSR count). The highest BCUT2D eigenvalue weighted by Gasteiger charge is 2.19. The van der Waals surface area contributed by atoms with Crippen molar-refractivity contribution in [3.05, 3.63) is 59.3 Å². The van der Waals surface area contributed by atoms with Crippen molar-refractivity contribution in [3.8, 4) is 23.1 Å². The summed E-state index contributed by atoms with van der Waals surface area (Å²) in [7, 11) is 0. The second kappa shape index (κ2) is 7.33. The van der Waals surface area contributed by atoms with Crippen LogP contribution in [0.2, 0.25) is 0 Å². The Balaban J connectivity index is 1.83. The topological polar surface area (TPSA) is 138 Å². The lowest BCUT2D eigenvalue weighted by molar-refractivity contribution is 0.475. The van der Waals surface area contributed by atoms with E-state index in [4.69, 9.17) is 10.7 Å². The summed E-state index contributed by atoms with van der Waals surface area (Å²) >= 11 is 0. The van der Waals surface area contributed by atoms with E-state index < -0.39 is 0 Å². The first-order valence-electron chi connectivity index (χ1n) is 9.31. The quantitative estimate of drug-likeness (QED) is 0.475. The summed E-state index contributed by atoms with van der Waals surface area (Å²) in [6.07, 6.45) is 3.16. The van der Waals surface area contributed by atoms with Crippen LogP contribution in [0.1, 0.15) is 35.5 Å². The molecule has 4 N–H and O–H groups in total. The van der Waals surface area contributed by atoms with Gasteiger partial charge in [0.15, 0.2) is 5.82 Å². The number of aryl methyl sites for hydroxylation is 2. The van der Waals surface area contributed by atoms with Crippen LogP contribution in [0.15, 0.2) is 36.8 Å². The summed E-state index contributed by atoms with van der Waals surface area (Å²) < 4.78 is 1.77. The third-order valence-electron chi connectivity index (χ3n) is 4.79. The third kappa shape index (κ3) is 3.35. The van der Waals surface area contributed by atoms with Crippen molar-refractivity contribution in [1.82, 2.24) is 24.6 Å². The van der Waals surface area contributed by atoms with Crippen molar-refractivity contribution in [2.24, 2.45) is 0 Å². The number of phenols is 1. The van der Waals surface area contributed by atoms with Crippen LogP contribution in [0.4, 0.5) is 11.6 Å². The van der Waals surface area contributed by atoms with Crippen LogP contribution in [0.25, 0.3) is 16.8 Å². The number of nitrogens with two attached hydrogens (primary N) is 1. The number of nitrogens with zero attached hydrogens (tertiary/aromatic N) is 6. The summed E-state index contributed by atoms with van der Waals surface area (Å²) in [6.45, 7) is 5.77. The SMILES string of the molecule is Cc1cc(O)cc(-c2nc([C@H](C)Nc3ncnc(N)c3C#N)nn3ccc(C)c23)c1. The monoisotopic (exact) mass is 400 g/mol. The highest BCUT2D eigenvalue weighted by Crippen LogP contribution is 2.30. The summed E-state index contributed by atoms with van der Waals surface area (Å²) in [5.41, 5.74) is 10.3. The number of hydrogen-bond acceptors (Lipinski definition) is 8. The van der Waals surface area contributed by atoms with Gasteiger partial charge in [-0.25, -0.2) is 19.5 Å². The van der Waals surface area contributed by atoms with Gasteiger partial charge in [0.25, 0.3) is 0 Å². The van der Waals surface area contributed by atoms with E-state index in [9.17, 15) is 10.4 Å². The van der Waals surface area contributed by atoms with Gasteiger partial charge in [0.2, 0.25) is 0 Å². The zero-order valence-electron chi connectivity index (χ0n) is 16.7. The van der Waals surface area contributed by atoms with E-state index >= 15 is 0 Å². The number of aromatic hydroxyl groups is 1. The Morgan fingerprint density at radius 3 is 2.77 bits per heavy atom. The molecular weight excluding hydrogens is 380 g/mol. The fraction of sp³-hybridized carbons (Fsp3) is 0.190. The van der Waals surface area contributed by atoms with E-state index in [2.05, 4.69) is 20.4 Å². The Labute approximate surface area is 172 Å². The molecule has 0 aliphatic rings. The number of benzene rings is 1.